The maximum atomic E-state index is 12.2. The summed E-state index contributed by atoms with van der Waals surface area (Å²) in [7, 11) is 0. The highest BCUT2D eigenvalue weighted by atomic mass is 32.1. The van der Waals surface area contributed by atoms with Crippen LogP contribution in [0.25, 0.3) is 0 Å². The number of rotatable bonds is 3. The summed E-state index contributed by atoms with van der Waals surface area (Å²) in [6.07, 6.45) is 1.51. The number of carbonyl (C=O) groups excluding carboxylic acids is 1. The molecule has 0 radical (unpaired) electrons. The number of fused-ring (bicyclic) bond motifs is 1. The van der Waals surface area contributed by atoms with Crippen LogP contribution in [0.4, 0.5) is 0 Å². The Morgan fingerprint density at radius 3 is 3.00 bits per heavy atom. The van der Waals surface area contributed by atoms with E-state index >= 15 is 0 Å². The van der Waals surface area contributed by atoms with Crippen molar-refractivity contribution in [2.75, 3.05) is 6.61 Å². The van der Waals surface area contributed by atoms with Gasteiger partial charge < -0.3 is 4.74 Å². The molecule has 0 fully saturated rings. The molecule has 1 aliphatic heterocycles. The molecular formula is C15H14O2S. The molecule has 0 saturated carbocycles. The second-order valence-corrected chi connectivity index (χ2v) is 5.42. The van der Waals surface area contributed by atoms with Gasteiger partial charge in [0.25, 0.3) is 0 Å². The van der Waals surface area contributed by atoms with E-state index in [1.807, 2.05) is 35.7 Å². The van der Waals surface area contributed by atoms with Crippen LogP contribution < -0.4 is 4.74 Å². The van der Waals surface area contributed by atoms with E-state index in [2.05, 4.69) is 6.07 Å². The number of ether oxygens (including phenoxy) is 1. The molecule has 3 rings (SSSR count). The van der Waals surface area contributed by atoms with Gasteiger partial charge in [-0.25, -0.2) is 0 Å². The van der Waals surface area contributed by atoms with Gasteiger partial charge in [0.15, 0.2) is 5.78 Å². The van der Waals surface area contributed by atoms with E-state index in [0.717, 1.165) is 17.0 Å². The quantitative estimate of drug-likeness (QED) is 0.781. The number of thiophene rings is 1. The van der Waals surface area contributed by atoms with Crippen molar-refractivity contribution in [2.45, 2.75) is 18.8 Å². The molecule has 0 aliphatic carbocycles. The van der Waals surface area contributed by atoms with Crippen molar-refractivity contribution in [3.8, 4) is 5.75 Å². The molecule has 1 atom stereocenters. The molecule has 1 aliphatic rings. The molecule has 2 nitrogen and oxygen atoms in total. The van der Waals surface area contributed by atoms with Crippen molar-refractivity contribution >= 4 is 17.1 Å². The maximum absolute atomic E-state index is 12.2. The molecule has 0 amide bonds. The fourth-order valence-corrected chi connectivity index (χ4v) is 3.07. The van der Waals surface area contributed by atoms with Crippen LogP contribution in [0.15, 0.2) is 41.8 Å². The Hall–Kier alpha value is -1.61. The Morgan fingerprint density at radius 2 is 2.17 bits per heavy atom. The van der Waals surface area contributed by atoms with Crippen LogP contribution in [0.2, 0.25) is 0 Å². The first-order valence-corrected chi connectivity index (χ1v) is 7.01. The van der Waals surface area contributed by atoms with Crippen LogP contribution in [-0.4, -0.2) is 12.4 Å². The van der Waals surface area contributed by atoms with Crippen molar-refractivity contribution in [2.24, 2.45) is 0 Å². The monoisotopic (exact) mass is 258 g/mol. The van der Waals surface area contributed by atoms with E-state index in [9.17, 15) is 4.79 Å². The van der Waals surface area contributed by atoms with Crippen molar-refractivity contribution in [1.29, 1.82) is 0 Å². The summed E-state index contributed by atoms with van der Waals surface area (Å²) in [4.78, 5) is 13.0. The van der Waals surface area contributed by atoms with Gasteiger partial charge in [0.05, 0.1) is 11.5 Å². The third-order valence-corrected chi connectivity index (χ3v) is 4.22. The predicted octanol–water partition coefficient (Wildman–Crippen LogP) is 3.89. The lowest BCUT2D eigenvalue weighted by molar-refractivity contribution is 0.0970. The number of para-hydroxylation sites is 1. The summed E-state index contributed by atoms with van der Waals surface area (Å²) in [5.74, 6) is 1.48. The Kier molecular flexibility index (Phi) is 3.15. The van der Waals surface area contributed by atoms with Crippen LogP contribution in [-0.2, 0) is 0 Å². The zero-order valence-corrected chi connectivity index (χ0v) is 10.8. The summed E-state index contributed by atoms with van der Waals surface area (Å²) in [5, 5.41) is 1.95. The Balaban J connectivity index is 1.80. The molecule has 3 heteroatoms. The summed E-state index contributed by atoms with van der Waals surface area (Å²) in [6, 6.07) is 11.9. The molecule has 1 aromatic carbocycles. The van der Waals surface area contributed by atoms with Gasteiger partial charge in [0, 0.05) is 6.42 Å². The minimum atomic E-state index is 0.242. The van der Waals surface area contributed by atoms with Crippen LogP contribution in [0, 0.1) is 0 Å². The van der Waals surface area contributed by atoms with Crippen molar-refractivity contribution in [1.82, 2.24) is 0 Å². The van der Waals surface area contributed by atoms with Crippen LogP contribution in [0.5, 0.6) is 5.75 Å². The van der Waals surface area contributed by atoms with E-state index in [-0.39, 0.29) is 5.78 Å². The lowest BCUT2D eigenvalue weighted by Gasteiger charge is -2.25. The van der Waals surface area contributed by atoms with E-state index in [1.54, 1.807) is 0 Å². The fourth-order valence-electron chi connectivity index (χ4n) is 2.39. The third kappa shape index (κ3) is 2.18. The van der Waals surface area contributed by atoms with Gasteiger partial charge in [-0.05, 0) is 35.4 Å². The Bertz CT molecular complexity index is 545. The third-order valence-electron chi connectivity index (χ3n) is 3.31. The molecule has 92 valence electrons. The maximum Gasteiger partial charge on any atom is 0.173 e. The minimum absolute atomic E-state index is 0.242. The fraction of sp³-hybridized carbons (Fsp3) is 0.267. The molecule has 0 bridgehead atoms. The molecule has 0 spiro atoms. The highest BCUT2D eigenvalue weighted by molar-refractivity contribution is 7.12. The van der Waals surface area contributed by atoms with E-state index in [0.29, 0.717) is 18.9 Å². The first-order valence-electron chi connectivity index (χ1n) is 6.13. The van der Waals surface area contributed by atoms with Gasteiger partial charge in [-0.2, -0.15) is 0 Å². The largest absolute Gasteiger partial charge is 0.493 e. The van der Waals surface area contributed by atoms with E-state index in [4.69, 9.17) is 4.74 Å². The van der Waals surface area contributed by atoms with Crippen LogP contribution >= 0.6 is 11.3 Å². The Labute approximate surface area is 110 Å². The molecule has 0 saturated heterocycles. The standard InChI is InChI=1S/C15H14O2S/c16-13(15-6-3-9-18-15)10-11-7-8-17-14-5-2-1-4-12(11)14/h1-6,9,11H,7-8,10H2. The highest BCUT2D eigenvalue weighted by Gasteiger charge is 2.24. The second-order valence-electron chi connectivity index (χ2n) is 4.48. The summed E-state index contributed by atoms with van der Waals surface area (Å²) in [6.45, 7) is 0.708. The molecule has 2 aromatic rings. The van der Waals surface area contributed by atoms with Gasteiger partial charge in [-0.3, -0.25) is 4.79 Å². The van der Waals surface area contributed by atoms with Gasteiger partial charge in [-0.15, -0.1) is 11.3 Å². The average molecular weight is 258 g/mol. The summed E-state index contributed by atoms with van der Waals surface area (Å²) < 4.78 is 5.62. The summed E-state index contributed by atoms with van der Waals surface area (Å²) in [5.41, 5.74) is 1.17. The molecular weight excluding hydrogens is 244 g/mol. The number of Topliss-reactive ketones (excluding diaryl/α,β-unsaturated/α-hetero) is 1. The van der Waals surface area contributed by atoms with Crippen LogP contribution in [0.1, 0.15) is 34.0 Å². The lowest BCUT2D eigenvalue weighted by atomic mass is 9.88. The normalized spacial score (nSPS) is 17.9. The Morgan fingerprint density at radius 1 is 1.28 bits per heavy atom. The second kappa shape index (κ2) is 4.94. The van der Waals surface area contributed by atoms with Gasteiger partial charge in [0.1, 0.15) is 5.75 Å². The van der Waals surface area contributed by atoms with E-state index in [1.165, 1.54) is 16.9 Å². The predicted molar refractivity (Wildman–Crippen MR) is 72.6 cm³/mol. The minimum Gasteiger partial charge on any atom is -0.493 e. The highest BCUT2D eigenvalue weighted by Crippen LogP contribution is 2.36. The van der Waals surface area contributed by atoms with Crippen molar-refractivity contribution in [3.63, 3.8) is 0 Å². The zero-order valence-electron chi connectivity index (χ0n) is 9.96. The number of hydrogen-bond acceptors (Lipinski definition) is 3. The van der Waals surface area contributed by atoms with E-state index < -0.39 is 0 Å². The van der Waals surface area contributed by atoms with Gasteiger partial charge >= 0.3 is 0 Å². The summed E-state index contributed by atoms with van der Waals surface area (Å²) >= 11 is 1.52. The SMILES string of the molecule is O=C(CC1CCOc2ccccc21)c1cccs1. The smallest absolute Gasteiger partial charge is 0.173 e. The average Bonchev–Trinajstić information content (AvgIpc) is 2.93. The molecule has 1 aromatic heterocycles. The number of hydrogen-bond donors (Lipinski definition) is 0. The molecule has 2 heterocycles. The molecule has 18 heavy (non-hydrogen) atoms. The number of ketones is 1. The van der Waals surface area contributed by atoms with Gasteiger partial charge in [0.2, 0.25) is 0 Å². The van der Waals surface area contributed by atoms with Gasteiger partial charge in [-0.1, -0.05) is 24.3 Å². The number of benzene rings is 1. The molecule has 1 unspecified atom stereocenters. The van der Waals surface area contributed by atoms with Crippen molar-refractivity contribution in [3.05, 3.63) is 52.2 Å². The number of carbonyl (C=O) groups is 1. The first kappa shape index (κ1) is 11.5. The first-order chi connectivity index (χ1) is 8.84. The lowest BCUT2D eigenvalue weighted by Crippen LogP contribution is -2.16. The van der Waals surface area contributed by atoms with Crippen LogP contribution in [0.3, 0.4) is 0 Å². The zero-order chi connectivity index (χ0) is 12.4. The topological polar surface area (TPSA) is 26.3 Å². The van der Waals surface area contributed by atoms with Crippen molar-refractivity contribution < 1.29 is 9.53 Å². The molecule has 0 N–H and O–H groups in total.